The van der Waals surface area contributed by atoms with Gasteiger partial charge in [-0.25, -0.2) is 4.98 Å². The third-order valence-corrected chi connectivity index (χ3v) is 3.38. The van der Waals surface area contributed by atoms with Crippen molar-refractivity contribution < 1.29 is 0 Å². The predicted octanol–water partition coefficient (Wildman–Crippen LogP) is 1.48. The molecule has 1 aromatic heterocycles. The molecule has 1 aliphatic heterocycles. The van der Waals surface area contributed by atoms with Crippen molar-refractivity contribution in [2.45, 2.75) is 19.9 Å². The highest BCUT2D eigenvalue weighted by molar-refractivity contribution is 5.53. The van der Waals surface area contributed by atoms with Gasteiger partial charge in [0.05, 0.1) is 5.56 Å². The van der Waals surface area contributed by atoms with E-state index in [4.69, 9.17) is 5.26 Å². The maximum absolute atomic E-state index is 9.09. The molecule has 17 heavy (non-hydrogen) atoms. The van der Waals surface area contributed by atoms with Crippen LogP contribution in [0.15, 0.2) is 18.3 Å². The SMILES string of the molecule is CCN1CCN(c2ncccc2C#N)CC1C. The molecule has 1 atom stereocenters. The van der Waals surface area contributed by atoms with Gasteiger partial charge in [-0.15, -0.1) is 0 Å². The normalized spacial score (nSPS) is 21.2. The Bertz CT molecular complexity index is 424. The Morgan fingerprint density at radius 3 is 3.00 bits per heavy atom. The maximum atomic E-state index is 9.09. The van der Waals surface area contributed by atoms with Gasteiger partial charge >= 0.3 is 0 Å². The van der Waals surface area contributed by atoms with Crippen molar-refractivity contribution >= 4 is 5.82 Å². The highest BCUT2D eigenvalue weighted by atomic mass is 15.3. The van der Waals surface area contributed by atoms with Crippen molar-refractivity contribution in [3.05, 3.63) is 23.9 Å². The summed E-state index contributed by atoms with van der Waals surface area (Å²) in [6.07, 6.45) is 1.76. The minimum Gasteiger partial charge on any atom is -0.353 e. The molecule has 90 valence electrons. The lowest BCUT2D eigenvalue weighted by molar-refractivity contribution is 0.199. The molecular weight excluding hydrogens is 212 g/mol. The van der Waals surface area contributed by atoms with Crippen LogP contribution in [0.4, 0.5) is 5.82 Å². The molecule has 1 aliphatic rings. The standard InChI is InChI=1S/C13H18N4/c1-3-16-7-8-17(10-11(16)2)13-12(9-14)5-4-6-15-13/h4-6,11H,3,7-8,10H2,1-2H3. The van der Waals surface area contributed by atoms with Crippen molar-refractivity contribution in [1.29, 1.82) is 5.26 Å². The Labute approximate surface area is 102 Å². The molecule has 0 bridgehead atoms. The first-order valence-corrected chi connectivity index (χ1v) is 6.10. The van der Waals surface area contributed by atoms with Gasteiger partial charge < -0.3 is 4.90 Å². The number of likely N-dealkylation sites (N-methyl/N-ethyl adjacent to an activating group) is 1. The summed E-state index contributed by atoms with van der Waals surface area (Å²) >= 11 is 0. The fourth-order valence-electron chi connectivity index (χ4n) is 2.39. The Balaban J connectivity index is 2.17. The molecule has 0 aliphatic carbocycles. The van der Waals surface area contributed by atoms with Crippen molar-refractivity contribution in [2.75, 3.05) is 31.1 Å². The van der Waals surface area contributed by atoms with E-state index in [1.165, 1.54) is 0 Å². The number of anilines is 1. The maximum Gasteiger partial charge on any atom is 0.146 e. The van der Waals surface area contributed by atoms with Gasteiger partial charge in [0, 0.05) is 31.9 Å². The van der Waals surface area contributed by atoms with E-state index in [2.05, 4.69) is 34.7 Å². The van der Waals surface area contributed by atoms with Crippen LogP contribution in [0.3, 0.4) is 0 Å². The second-order valence-electron chi connectivity index (χ2n) is 4.41. The first-order valence-electron chi connectivity index (χ1n) is 6.10. The van der Waals surface area contributed by atoms with E-state index in [9.17, 15) is 0 Å². The third-order valence-electron chi connectivity index (χ3n) is 3.38. The molecule has 2 heterocycles. The van der Waals surface area contributed by atoms with Gasteiger partial charge in [-0.2, -0.15) is 5.26 Å². The number of hydrogen-bond acceptors (Lipinski definition) is 4. The summed E-state index contributed by atoms with van der Waals surface area (Å²) in [7, 11) is 0. The molecule has 0 saturated carbocycles. The lowest BCUT2D eigenvalue weighted by Crippen LogP contribution is -2.52. The molecule has 0 amide bonds. The zero-order chi connectivity index (χ0) is 12.3. The van der Waals surface area contributed by atoms with E-state index in [1.807, 2.05) is 12.1 Å². The number of aromatic nitrogens is 1. The monoisotopic (exact) mass is 230 g/mol. The number of piperazine rings is 1. The molecule has 0 aromatic carbocycles. The Kier molecular flexibility index (Phi) is 3.60. The first-order chi connectivity index (χ1) is 8.26. The van der Waals surface area contributed by atoms with Gasteiger partial charge in [0.15, 0.2) is 0 Å². The minimum absolute atomic E-state index is 0.516. The summed E-state index contributed by atoms with van der Waals surface area (Å²) in [5, 5.41) is 9.09. The molecule has 0 N–H and O–H groups in total. The van der Waals surface area contributed by atoms with Crippen molar-refractivity contribution in [2.24, 2.45) is 0 Å². The molecule has 1 unspecified atom stereocenters. The van der Waals surface area contributed by atoms with Crippen LogP contribution >= 0.6 is 0 Å². The lowest BCUT2D eigenvalue weighted by Gasteiger charge is -2.40. The molecule has 2 rings (SSSR count). The molecular formula is C13H18N4. The van der Waals surface area contributed by atoms with Gasteiger partial charge in [-0.05, 0) is 25.6 Å². The third kappa shape index (κ3) is 2.40. The van der Waals surface area contributed by atoms with Gasteiger partial charge in [0.1, 0.15) is 11.9 Å². The van der Waals surface area contributed by atoms with Crippen LogP contribution in [0.5, 0.6) is 0 Å². The summed E-state index contributed by atoms with van der Waals surface area (Å²) in [4.78, 5) is 9.01. The molecule has 1 saturated heterocycles. The Morgan fingerprint density at radius 1 is 1.53 bits per heavy atom. The van der Waals surface area contributed by atoms with E-state index in [1.54, 1.807) is 6.20 Å². The molecule has 4 nitrogen and oxygen atoms in total. The second-order valence-corrected chi connectivity index (χ2v) is 4.41. The molecule has 0 spiro atoms. The van der Waals surface area contributed by atoms with Gasteiger partial charge in [0.25, 0.3) is 0 Å². The second kappa shape index (κ2) is 5.15. The Hall–Kier alpha value is -1.60. The molecule has 0 radical (unpaired) electrons. The number of hydrogen-bond donors (Lipinski definition) is 0. The van der Waals surface area contributed by atoms with E-state index in [0.717, 1.165) is 32.0 Å². The average Bonchev–Trinajstić information content (AvgIpc) is 2.38. The van der Waals surface area contributed by atoms with Crippen LogP contribution in [0, 0.1) is 11.3 Å². The zero-order valence-corrected chi connectivity index (χ0v) is 10.4. The number of nitriles is 1. The van der Waals surface area contributed by atoms with Crippen molar-refractivity contribution in [3.8, 4) is 6.07 Å². The average molecular weight is 230 g/mol. The fraction of sp³-hybridized carbons (Fsp3) is 0.538. The topological polar surface area (TPSA) is 43.2 Å². The van der Waals surface area contributed by atoms with Crippen LogP contribution in [-0.2, 0) is 0 Å². The van der Waals surface area contributed by atoms with Crippen LogP contribution in [-0.4, -0.2) is 42.1 Å². The Morgan fingerprint density at radius 2 is 2.35 bits per heavy atom. The van der Waals surface area contributed by atoms with E-state index >= 15 is 0 Å². The summed E-state index contributed by atoms with van der Waals surface area (Å²) in [5.41, 5.74) is 0.671. The smallest absolute Gasteiger partial charge is 0.146 e. The number of pyridine rings is 1. The largest absolute Gasteiger partial charge is 0.353 e. The molecule has 1 aromatic rings. The van der Waals surface area contributed by atoms with Crippen LogP contribution in [0.1, 0.15) is 19.4 Å². The van der Waals surface area contributed by atoms with E-state index in [-0.39, 0.29) is 0 Å². The predicted molar refractivity (Wildman–Crippen MR) is 67.9 cm³/mol. The molecule has 1 fully saturated rings. The number of rotatable bonds is 2. The molecule has 4 heteroatoms. The summed E-state index contributed by atoms with van der Waals surface area (Å²) in [6.45, 7) is 8.43. The zero-order valence-electron chi connectivity index (χ0n) is 10.4. The highest BCUT2D eigenvalue weighted by Crippen LogP contribution is 2.20. The van der Waals surface area contributed by atoms with Gasteiger partial charge in [0.2, 0.25) is 0 Å². The summed E-state index contributed by atoms with van der Waals surface area (Å²) < 4.78 is 0. The van der Waals surface area contributed by atoms with Crippen LogP contribution in [0.2, 0.25) is 0 Å². The van der Waals surface area contributed by atoms with Crippen molar-refractivity contribution in [3.63, 3.8) is 0 Å². The quantitative estimate of drug-likeness (QED) is 0.772. The minimum atomic E-state index is 0.516. The lowest BCUT2D eigenvalue weighted by atomic mass is 10.1. The fourth-order valence-corrected chi connectivity index (χ4v) is 2.39. The van der Waals surface area contributed by atoms with Crippen LogP contribution < -0.4 is 4.90 Å². The van der Waals surface area contributed by atoms with Gasteiger partial charge in [-0.3, -0.25) is 4.90 Å². The van der Waals surface area contributed by atoms with Crippen LogP contribution in [0.25, 0.3) is 0 Å². The van der Waals surface area contributed by atoms with Gasteiger partial charge in [-0.1, -0.05) is 6.92 Å². The summed E-state index contributed by atoms with van der Waals surface area (Å²) in [6, 6.07) is 6.38. The first kappa shape index (κ1) is 11.9. The van der Waals surface area contributed by atoms with E-state index < -0.39 is 0 Å². The highest BCUT2D eigenvalue weighted by Gasteiger charge is 2.24. The number of nitrogens with zero attached hydrogens (tertiary/aromatic N) is 4. The summed E-state index contributed by atoms with van der Waals surface area (Å²) in [5.74, 6) is 0.831. The van der Waals surface area contributed by atoms with E-state index in [0.29, 0.717) is 11.6 Å². The van der Waals surface area contributed by atoms with Crippen molar-refractivity contribution in [1.82, 2.24) is 9.88 Å².